The van der Waals surface area contributed by atoms with Crippen LogP contribution in [-0.4, -0.2) is 47.5 Å². The molecule has 0 saturated heterocycles. The summed E-state index contributed by atoms with van der Waals surface area (Å²) in [5.74, 6) is -1.27. The van der Waals surface area contributed by atoms with Gasteiger partial charge in [0.25, 0.3) is 5.69 Å². The molecule has 0 saturated carbocycles. The molecule has 1 aromatic carbocycles. The van der Waals surface area contributed by atoms with Crippen LogP contribution < -0.4 is 5.32 Å². The lowest BCUT2D eigenvalue weighted by Gasteiger charge is -2.19. The molecular weight excluding hydrogens is 268 g/mol. The minimum absolute atomic E-state index is 0.0869. The number of carboxylic acid groups (broad SMARTS) is 1. The highest BCUT2D eigenvalue weighted by Gasteiger charge is 2.18. The Morgan fingerprint density at radius 2 is 2.25 bits per heavy atom. The minimum Gasteiger partial charge on any atom is -0.478 e. The molecule has 20 heavy (non-hydrogen) atoms. The number of aliphatic hydroxyl groups excluding tert-OH is 1. The summed E-state index contributed by atoms with van der Waals surface area (Å²) in [6.45, 7) is 0.188. The van der Waals surface area contributed by atoms with E-state index in [1.807, 2.05) is 0 Å². The quantitative estimate of drug-likeness (QED) is 0.482. The maximum atomic E-state index is 11.2. The molecule has 1 aromatic rings. The Morgan fingerprint density at radius 1 is 1.55 bits per heavy atom. The lowest BCUT2D eigenvalue weighted by Crippen LogP contribution is -2.27. The van der Waals surface area contributed by atoms with Gasteiger partial charge in [-0.15, -0.1) is 0 Å². The van der Waals surface area contributed by atoms with Crippen LogP contribution in [0.3, 0.4) is 0 Å². The second kappa shape index (κ2) is 7.41. The number of benzene rings is 1. The molecule has 0 amide bonds. The number of aliphatic hydroxyl groups is 1. The van der Waals surface area contributed by atoms with Gasteiger partial charge in [0.05, 0.1) is 23.1 Å². The molecule has 3 N–H and O–H groups in total. The van der Waals surface area contributed by atoms with Gasteiger partial charge in [0.15, 0.2) is 0 Å². The molecule has 0 bridgehead atoms. The van der Waals surface area contributed by atoms with E-state index >= 15 is 0 Å². The van der Waals surface area contributed by atoms with Gasteiger partial charge in [-0.25, -0.2) is 4.79 Å². The predicted octanol–water partition coefficient (Wildman–Crippen LogP) is 1.10. The SMILES string of the molecule is COCC(CCO)Nc1ccc([N+](=O)[O-])cc1C(=O)O. The molecule has 1 unspecified atom stereocenters. The second-order valence-corrected chi connectivity index (χ2v) is 4.10. The zero-order valence-electron chi connectivity index (χ0n) is 10.9. The zero-order valence-corrected chi connectivity index (χ0v) is 10.9. The number of hydrogen-bond acceptors (Lipinski definition) is 6. The number of hydrogen-bond donors (Lipinski definition) is 3. The van der Waals surface area contributed by atoms with Crippen molar-refractivity contribution in [2.24, 2.45) is 0 Å². The van der Waals surface area contributed by atoms with Crippen molar-refractivity contribution in [3.63, 3.8) is 0 Å². The first-order chi connectivity index (χ1) is 9.49. The number of carbonyl (C=O) groups is 1. The molecule has 1 rings (SSSR count). The molecule has 0 aromatic heterocycles. The van der Waals surface area contributed by atoms with Crippen LogP contribution in [0.5, 0.6) is 0 Å². The number of anilines is 1. The van der Waals surface area contributed by atoms with E-state index in [0.29, 0.717) is 6.42 Å². The molecule has 0 spiro atoms. The lowest BCUT2D eigenvalue weighted by atomic mass is 10.1. The third kappa shape index (κ3) is 4.18. The summed E-state index contributed by atoms with van der Waals surface area (Å²) in [5, 5.41) is 31.6. The van der Waals surface area contributed by atoms with E-state index in [0.717, 1.165) is 6.07 Å². The number of methoxy groups -OCH3 is 1. The average Bonchev–Trinajstić information content (AvgIpc) is 2.39. The van der Waals surface area contributed by atoms with Gasteiger partial charge in [0, 0.05) is 31.5 Å². The summed E-state index contributed by atoms with van der Waals surface area (Å²) in [6.07, 6.45) is 0.365. The summed E-state index contributed by atoms with van der Waals surface area (Å²) < 4.78 is 4.96. The maximum absolute atomic E-state index is 11.2. The van der Waals surface area contributed by atoms with Gasteiger partial charge in [-0.05, 0) is 12.5 Å². The monoisotopic (exact) mass is 284 g/mol. The number of ether oxygens (including phenoxy) is 1. The Balaban J connectivity index is 3.03. The van der Waals surface area contributed by atoms with Crippen LogP contribution >= 0.6 is 0 Å². The topological polar surface area (TPSA) is 122 Å². The fourth-order valence-electron chi connectivity index (χ4n) is 1.72. The Hall–Kier alpha value is -2.19. The highest BCUT2D eigenvalue weighted by Crippen LogP contribution is 2.23. The first-order valence-electron chi connectivity index (χ1n) is 5.87. The molecule has 110 valence electrons. The fraction of sp³-hybridized carbons (Fsp3) is 0.417. The number of rotatable bonds is 8. The van der Waals surface area contributed by atoms with E-state index in [1.54, 1.807) is 0 Å². The average molecular weight is 284 g/mol. The van der Waals surface area contributed by atoms with Gasteiger partial charge >= 0.3 is 5.97 Å². The second-order valence-electron chi connectivity index (χ2n) is 4.10. The van der Waals surface area contributed by atoms with Gasteiger partial charge in [0.1, 0.15) is 0 Å². The molecular formula is C12H16N2O6. The van der Waals surface area contributed by atoms with Crippen molar-refractivity contribution in [3.05, 3.63) is 33.9 Å². The number of carboxylic acids is 1. The van der Waals surface area contributed by atoms with Crippen molar-refractivity contribution < 1.29 is 24.7 Å². The van der Waals surface area contributed by atoms with Crippen molar-refractivity contribution in [1.82, 2.24) is 0 Å². The molecule has 0 radical (unpaired) electrons. The number of nitro benzene ring substituents is 1. The smallest absolute Gasteiger partial charge is 0.338 e. The van der Waals surface area contributed by atoms with Gasteiger partial charge in [0.2, 0.25) is 0 Å². The summed E-state index contributed by atoms with van der Waals surface area (Å²) in [5.41, 5.74) is -0.241. The minimum atomic E-state index is -1.27. The Labute approximate surface area is 115 Å². The molecule has 0 aliphatic rings. The number of nitro groups is 1. The molecule has 8 nitrogen and oxygen atoms in total. The van der Waals surface area contributed by atoms with Crippen LogP contribution in [-0.2, 0) is 4.74 Å². The van der Waals surface area contributed by atoms with Crippen LogP contribution in [0.2, 0.25) is 0 Å². The highest BCUT2D eigenvalue weighted by atomic mass is 16.6. The summed E-state index contributed by atoms with van der Waals surface area (Å²) in [6, 6.07) is 3.26. The fourth-order valence-corrected chi connectivity index (χ4v) is 1.72. The van der Waals surface area contributed by atoms with Crippen molar-refractivity contribution in [2.75, 3.05) is 25.6 Å². The number of aromatic carboxylic acids is 1. The van der Waals surface area contributed by atoms with E-state index in [-0.39, 0.29) is 36.2 Å². The highest BCUT2D eigenvalue weighted by molar-refractivity contribution is 5.95. The number of nitrogens with zero attached hydrogens (tertiary/aromatic N) is 1. The first-order valence-corrected chi connectivity index (χ1v) is 5.87. The molecule has 0 aliphatic carbocycles. The van der Waals surface area contributed by atoms with Crippen molar-refractivity contribution >= 4 is 17.3 Å². The Morgan fingerprint density at radius 3 is 2.75 bits per heavy atom. The third-order valence-corrected chi connectivity index (χ3v) is 2.65. The summed E-state index contributed by atoms with van der Waals surface area (Å²) in [4.78, 5) is 21.1. The van der Waals surface area contributed by atoms with Crippen molar-refractivity contribution in [1.29, 1.82) is 0 Å². The molecule has 1 atom stereocenters. The Bertz CT molecular complexity index is 485. The number of nitrogens with one attached hydrogen (secondary N) is 1. The number of non-ortho nitro benzene ring substituents is 1. The van der Waals surface area contributed by atoms with Gasteiger partial charge in [-0.3, -0.25) is 10.1 Å². The van der Waals surface area contributed by atoms with Crippen molar-refractivity contribution in [3.8, 4) is 0 Å². The standard InChI is InChI=1S/C12H16N2O6/c1-20-7-8(4-5-15)13-11-3-2-9(14(18)19)6-10(11)12(16)17/h2-3,6,8,13,15H,4-5,7H2,1H3,(H,16,17). The van der Waals surface area contributed by atoms with Crippen LogP contribution in [0.4, 0.5) is 11.4 Å². The van der Waals surface area contributed by atoms with Gasteiger partial charge in [-0.2, -0.15) is 0 Å². The van der Waals surface area contributed by atoms with Crippen molar-refractivity contribution in [2.45, 2.75) is 12.5 Å². The van der Waals surface area contributed by atoms with E-state index in [2.05, 4.69) is 5.32 Å². The Kier molecular flexibility index (Phi) is 5.88. The lowest BCUT2D eigenvalue weighted by molar-refractivity contribution is -0.384. The molecule has 0 heterocycles. The largest absolute Gasteiger partial charge is 0.478 e. The zero-order chi connectivity index (χ0) is 15.1. The van der Waals surface area contributed by atoms with E-state index in [1.165, 1.54) is 19.2 Å². The van der Waals surface area contributed by atoms with E-state index < -0.39 is 10.9 Å². The summed E-state index contributed by atoms with van der Waals surface area (Å²) >= 11 is 0. The normalized spacial score (nSPS) is 11.9. The van der Waals surface area contributed by atoms with Crippen LogP contribution in [0.15, 0.2) is 18.2 Å². The first kappa shape index (κ1) is 15.9. The van der Waals surface area contributed by atoms with Gasteiger partial charge < -0.3 is 20.3 Å². The molecule has 0 fully saturated rings. The van der Waals surface area contributed by atoms with Gasteiger partial charge in [-0.1, -0.05) is 0 Å². The molecule has 8 heteroatoms. The van der Waals surface area contributed by atoms with E-state index in [4.69, 9.17) is 14.9 Å². The van der Waals surface area contributed by atoms with Crippen LogP contribution in [0.25, 0.3) is 0 Å². The maximum Gasteiger partial charge on any atom is 0.338 e. The van der Waals surface area contributed by atoms with Crippen LogP contribution in [0.1, 0.15) is 16.8 Å². The van der Waals surface area contributed by atoms with E-state index in [9.17, 15) is 14.9 Å². The summed E-state index contributed by atoms with van der Waals surface area (Å²) in [7, 11) is 1.49. The third-order valence-electron chi connectivity index (χ3n) is 2.65. The van der Waals surface area contributed by atoms with Crippen LogP contribution in [0, 0.1) is 10.1 Å². The molecule has 0 aliphatic heterocycles. The predicted molar refractivity (Wildman–Crippen MR) is 71.0 cm³/mol.